The zero-order valence-corrected chi connectivity index (χ0v) is 11.6. The summed E-state index contributed by atoms with van der Waals surface area (Å²) in [6.07, 6.45) is 11.1. The van der Waals surface area contributed by atoms with Gasteiger partial charge in [0.25, 0.3) is 0 Å². The minimum Gasteiger partial charge on any atom is -0.356 e. The Morgan fingerprint density at radius 2 is 1.82 bits per heavy atom. The predicted octanol–water partition coefficient (Wildman–Crippen LogP) is 2.92. The standard InChI is InChI=1S/C14H29N3/c1-3-11-16-14(15-2)17-12-7-6-10-13-8-4-5-9-13/h13H,3-12H2,1-2H3,(H2,15,16,17). The van der Waals surface area contributed by atoms with Crippen LogP contribution >= 0.6 is 0 Å². The van der Waals surface area contributed by atoms with Gasteiger partial charge in [0.2, 0.25) is 0 Å². The van der Waals surface area contributed by atoms with Crippen molar-refractivity contribution in [2.24, 2.45) is 10.9 Å². The van der Waals surface area contributed by atoms with Gasteiger partial charge in [-0.1, -0.05) is 45.4 Å². The van der Waals surface area contributed by atoms with Gasteiger partial charge in [-0.3, -0.25) is 4.99 Å². The van der Waals surface area contributed by atoms with Crippen LogP contribution in [0.1, 0.15) is 58.3 Å². The minimum absolute atomic E-state index is 0.952. The summed E-state index contributed by atoms with van der Waals surface area (Å²) in [5, 5.41) is 6.66. The van der Waals surface area contributed by atoms with E-state index in [0.717, 1.165) is 31.4 Å². The molecule has 0 spiro atoms. The molecule has 0 aromatic rings. The Morgan fingerprint density at radius 3 is 2.47 bits per heavy atom. The molecule has 0 atom stereocenters. The molecule has 0 radical (unpaired) electrons. The number of guanidine groups is 1. The van der Waals surface area contributed by atoms with E-state index in [1.54, 1.807) is 0 Å². The van der Waals surface area contributed by atoms with Gasteiger partial charge in [-0.25, -0.2) is 0 Å². The molecule has 1 rings (SSSR count). The quantitative estimate of drug-likeness (QED) is 0.407. The van der Waals surface area contributed by atoms with E-state index >= 15 is 0 Å². The first-order chi connectivity index (χ1) is 8.36. The van der Waals surface area contributed by atoms with Crippen molar-refractivity contribution >= 4 is 5.96 Å². The molecule has 1 saturated carbocycles. The Bertz CT molecular complexity index is 208. The van der Waals surface area contributed by atoms with Crippen LogP contribution in [0.3, 0.4) is 0 Å². The summed E-state index contributed by atoms with van der Waals surface area (Å²) in [6, 6.07) is 0. The van der Waals surface area contributed by atoms with E-state index in [1.807, 2.05) is 7.05 Å². The van der Waals surface area contributed by atoms with Crippen LogP contribution in [-0.2, 0) is 0 Å². The lowest BCUT2D eigenvalue weighted by molar-refractivity contribution is 0.472. The maximum atomic E-state index is 4.20. The SMILES string of the molecule is CCCNC(=NC)NCCCCC1CCCC1. The topological polar surface area (TPSA) is 36.4 Å². The van der Waals surface area contributed by atoms with Crippen molar-refractivity contribution in [3.05, 3.63) is 0 Å². The Balaban J connectivity index is 1.94. The lowest BCUT2D eigenvalue weighted by Gasteiger charge is -2.12. The fourth-order valence-corrected chi connectivity index (χ4v) is 2.53. The molecule has 0 heterocycles. The van der Waals surface area contributed by atoms with Gasteiger partial charge >= 0.3 is 0 Å². The molecule has 0 aliphatic heterocycles. The smallest absolute Gasteiger partial charge is 0.190 e. The first-order valence-electron chi connectivity index (χ1n) is 7.31. The highest BCUT2D eigenvalue weighted by atomic mass is 15.2. The van der Waals surface area contributed by atoms with Crippen LogP contribution in [0.5, 0.6) is 0 Å². The molecule has 100 valence electrons. The number of nitrogens with zero attached hydrogens (tertiary/aromatic N) is 1. The number of rotatable bonds is 7. The molecule has 3 heteroatoms. The summed E-state index contributed by atoms with van der Waals surface area (Å²) in [6.45, 7) is 4.22. The summed E-state index contributed by atoms with van der Waals surface area (Å²) in [5.41, 5.74) is 0. The Labute approximate surface area is 106 Å². The second-order valence-electron chi connectivity index (χ2n) is 5.07. The average molecular weight is 239 g/mol. The molecular weight excluding hydrogens is 210 g/mol. The molecule has 3 nitrogen and oxygen atoms in total. The lowest BCUT2D eigenvalue weighted by atomic mass is 10.0. The molecule has 17 heavy (non-hydrogen) atoms. The van der Waals surface area contributed by atoms with Gasteiger partial charge in [0.05, 0.1) is 0 Å². The van der Waals surface area contributed by atoms with Gasteiger partial charge in [-0.05, 0) is 18.8 Å². The summed E-state index contributed by atoms with van der Waals surface area (Å²) in [4.78, 5) is 4.20. The fourth-order valence-electron chi connectivity index (χ4n) is 2.53. The van der Waals surface area contributed by atoms with Gasteiger partial charge in [0, 0.05) is 20.1 Å². The Hall–Kier alpha value is -0.730. The number of unbranched alkanes of at least 4 members (excludes halogenated alkanes) is 1. The van der Waals surface area contributed by atoms with Crippen molar-refractivity contribution < 1.29 is 0 Å². The van der Waals surface area contributed by atoms with Gasteiger partial charge in [0.1, 0.15) is 0 Å². The Morgan fingerprint density at radius 1 is 1.12 bits per heavy atom. The van der Waals surface area contributed by atoms with Crippen molar-refractivity contribution in [2.45, 2.75) is 58.3 Å². The van der Waals surface area contributed by atoms with E-state index in [9.17, 15) is 0 Å². The third-order valence-corrected chi connectivity index (χ3v) is 3.57. The molecule has 1 fully saturated rings. The first kappa shape index (κ1) is 14.3. The molecule has 1 aliphatic rings. The monoisotopic (exact) mass is 239 g/mol. The maximum Gasteiger partial charge on any atom is 0.190 e. The second kappa shape index (κ2) is 9.32. The van der Waals surface area contributed by atoms with Crippen molar-refractivity contribution in [3.63, 3.8) is 0 Å². The molecule has 0 saturated heterocycles. The van der Waals surface area contributed by atoms with Crippen LogP contribution in [0.4, 0.5) is 0 Å². The number of nitrogens with one attached hydrogen (secondary N) is 2. The average Bonchev–Trinajstić information content (AvgIpc) is 2.85. The van der Waals surface area contributed by atoms with E-state index in [-0.39, 0.29) is 0 Å². The molecule has 1 aliphatic carbocycles. The summed E-state index contributed by atoms with van der Waals surface area (Å²) in [5.74, 6) is 1.99. The zero-order chi connectivity index (χ0) is 12.3. The van der Waals surface area contributed by atoms with Gasteiger partial charge in [-0.15, -0.1) is 0 Å². The zero-order valence-electron chi connectivity index (χ0n) is 11.6. The lowest BCUT2D eigenvalue weighted by Crippen LogP contribution is -2.38. The summed E-state index contributed by atoms with van der Waals surface area (Å²) < 4.78 is 0. The molecule has 0 aromatic carbocycles. The van der Waals surface area contributed by atoms with Crippen molar-refractivity contribution in [3.8, 4) is 0 Å². The van der Waals surface area contributed by atoms with Crippen LogP contribution in [0.15, 0.2) is 4.99 Å². The summed E-state index contributed by atoms with van der Waals surface area (Å²) in [7, 11) is 1.84. The third-order valence-electron chi connectivity index (χ3n) is 3.57. The van der Waals surface area contributed by atoms with Crippen LogP contribution in [0.25, 0.3) is 0 Å². The molecule has 0 bridgehead atoms. The molecule has 0 aromatic heterocycles. The maximum absolute atomic E-state index is 4.20. The van der Waals surface area contributed by atoms with Gasteiger partial charge in [-0.2, -0.15) is 0 Å². The molecule has 0 amide bonds. The molecule has 0 unspecified atom stereocenters. The normalized spacial score (nSPS) is 17.4. The van der Waals surface area contributed by atoms with Crippen LogP contribution in [-0.4, -0.2) is 26.1 Å². The van der Waals surface area contributed by atoms with Crippen molar-refractivity contribution in [2.75, 3.05) is 20.1 Å². The highest BCUT2D eigenvalue weighted by Gasteiger charge is 2.13. The number of hydrogen-bond acceptors (Lipinski definition) is 1. The molecular formula is C14H29N3. The highest BCUT2D eigenvalue weighted by molar-refractivity contribution is 5.79. The van der Waals surface area contributed by atoms with E-state index in [0.29, 0.717) is 0 Å². The van der Waals surface area contributed by atoms with Crippen LogP contribution in [0, 0.1) is 5.92 Å². The van der Waals surface area contributed by atoms with Gasteiger partial charge in [0.15, 0.2) is 5.96 Å². The van der Waals surface area contributed by atoms with Crippen LogP contribution in [0.2, 0.25) is 0 Å². The highest BCUT2D eigenvalue weighted by Crippen LogP contribution is 2.28. The van der Waals surface area contributed by atoms with E-state index < -0.39 is 0 Å². The Kier molecular flexibility index (Phi) is 7.85. The van der Waals surface area contributed by atoms with Crippen molar-refractivity contribution in [1.82, 2.24) is 10.6 Å². The summed E-state index contributed by atoms with van der Waals surface area (Å²) >= 11 is 0. The predicted molar refractivity (Wildman–Crippen MR) is 75.5 cm³/mol. The second-order valence-corrected chi connectivity index (χ2v) is 5.07. The molecule has 2 N–H and O–H groups in total. The largest absolute Gasteiger partial charge is 0.356 e. The van der Waals surface area contributed by atoms with Crippen molar-refractivity contribution in [1.29, 1.82) is 0 Å². The number of hydrogen-bond donors (Lipinski definition) is 2. The van der Waals surface area contributed by atoms with E-state index in [1.165, 1.54) is 44.9 Å². The fraction of sp³-hybridized carbons (Fsp3) is 0.929. The first-order valence-corrected chi connectivity index (χ1v) is 7.31. The minimum atomic E-state index is 0.952. The van der Waals surface area contributed by atoms with Gasteiger partial charge < -0.3 is 10.6 Å². The number of aliphatic imine (C=N–C) groups is 1. The van der Waals surface area contributed by atoms with E-state index in [4.69, 9.17) is 0 Å². The van der Waals surface area contributed by atoms with E-state index in [2.05, 4.69) is 22.5 Å². The third kappa shape index (κ3) is 6.54. The van der Waals surface area contributed by atoms with Crippen LogP contribution < -0.4 is 10.6 Å².